The first-order valence-electron chi connectivity index (χ1n) is 4.25. The summed E-state index contributed by atoms with van der Waals surface area (Å²) in [4.78, 5) is 22.0. The summed E-state index contributed by atoms with van der Waals surface area (Å²) in [5, 5.41) is 11.3. The highest BCUT2D eigenvalue weighted by molar-refractivity contribution is 9.10. The number of hydrogen-bond acceptors (Lipinski definition) is 3. The van der Waals surface area contributed by atoms with Crippen LogP contribution in [-0.2, 0) is 4.79 Å². The lowest BCUT2D eigenvalue weighted by Gasteiger charge is -2.05. The maximum Gasteiger partial charge on any atom is 0.221 e. The second kappa shape index (κ2) is 5.04. The van der Waals surface area contributed by atoms with Gasteiger partial charge in [0.1, 0.15) is 6.61 Å². The maximum absolute atomic E-state index is 11.2. The number of carbonyl (C=O) groups excluding carboxylic acids is 2. The summed E-state index contributed by atoms with van der Waals surface area (Å²) >= 11 is 3.22. The minimum absolute atomic E-state index is 0.213. The van der Waals surface area contributed by atoms with Crippen molar-refractivity contribution in [2.45, 2.75) is 6.92 Å². The number of aliphatic hydroxyl groups excluding tert-OH is 1. The van der Waals surface area contributed by atoms with Crippen LogP contribution in [0.5, 0.6) is 0 Å². The third kappa shape index (κ3) is 3.45. The van der Waals surface area contributed by atoms with E-state index in [1.165, 1.54) is 13.0 Å². The van der Waals surface area contributed by atoms with Crippen molar-refractivity contribution in [3.8, 4) is 0 Å². The highest BCUT2D eigenvalue weighted by Gasteiger charge is 2.07. The van der Waals surface area contributed by atoms with Crippen molar-refractivity contribution in [1.82, 2.24) is 0 Å². The van der Waals surface area contributed by atoms with E-state index in [9.17, 15) is 9.59 Å². The Morgan fingerprint density at radius 1 is 1.40 bits per heavy atom. The number of halogens is 1. The van der Waals surface area contributed by atoms with Gasteiger partial charge in [-0.1, -0.05) is 15.9 Å². The van der Waals surface area contributed by atoms with E-state index >= 15 is 0 Å². The number of anilines is 1. The average molecular weight is 272 g/mol. The molecule has 80 valence electrons. The largest absolute Gasteiger partial charge is 0.388 e. The predicted molar refractivity (Wildman–Crippen MR) is 59.9 cm³/mol. The summed E-state index contributed by atoms with van der Waals surface area (Å²) < 4.78 is 0.672. The molecule has 0 aliphatic carbocycles. The summed E-state index contributed by atoms with van der Waals surface area (Å²) in [6.07, 6.45) is 0. The molecule has 0 atom stereocenters. The fourth-order valence-corrected chi connectivity index (χ4v) is 1.61. The molecular weight excluding hydrogens is 262 g/mol. The van der Waals surface area contributed by atoms with Crippen LogP contribution in [0, 0.1) is 0 Å². The fourth-order valence-electron chi connectivity index (χ4n) is 1.12. The molecule has 0 fully saturated rings. The predicted octanol–water partition coefficient (Wildman–Crippen LogP) is 1.58. The fraction of sp³-hybridized carbons (Fsp3) is 0.200. The van der Waals surface area contributed by atoms with Crippen molar-refractivity contribution in [3.05, 3.63) is 28.2 Å². The smallest absolute Gasteiger partial charge is 0.221 e. The molecule has 0 spiro atoms. The van der Waals surface area contributed by atoms with Gasteiger partial charge in [0.2, 0.25) is 5.91 Å². The first-order chi connectivity index (χ1) is 7.02. The number of amides is 1. The minimum Gasteiger partial charge on any atom is -0.388 e. The van der Waals surface area contributed by atoms with Crippen molar-refractivity contribution < 1.29 is 14.7 Å². The topological polar surface area (TPSA) is 66.4 Å². The van der Waals surface area contributed by atoms with E-state index in [1.807, 2.05) is 0 Å². The van der Waals surface area contributed by atoms with Crippen LogP contribution in [0.2, 0.25) is 0 Å². The summed E-state index contributed by atoms with van der Waals surface area (Å²) in [5.74, 6) is -0.599. The number of aliphatic hydroxyl groups is 1. The van der Waals surface area contributed by atoms with E-state index < -0.39 is 6.61 Å². The molecule has 0 saturated heterocycles. The van der Waals surface area contributed by atoms with Gasteiger partial charge < -0.3 is 10.4 Å². The Labute approximate surface area is 95.4 Å². The highest BCUT2D eigenvalue weighted by Crippen LogP contribution is 2.19. The number of benzene rings is 1. The second-order valence-corrected chi connectivity index (χ2v) is 3.91. The van der Waals surface area contributed by atoms with Crippen LogP contribution < -0.4 is 5.32 Å². The molecule has 5 heteroatoms. The molecule has 1 amide bonds. The molecule has 1 aromatic carbocycles. The van der Waals surface area contributed by atoms with Crippen molar-refractivity contribution in [3.63, 3.8) is 0 Å². The van der Waals surface area contributed by atoms with Crippen LogP contribution in [0.1, 0.15) is 17.3 Å². The van der Waals surface area contributed by atoms with Crippen LogP contribution in [0.4, 0.5) is 5.69 Å². The third-order valence-electron chi connectivity index (χ3n) is 1.68. The Morgan fingerprint density at radius 3 is 2.60 bits per heavy atom. The molecule has 15 heavy (non-hydrogen) atoms. The van der Waals surface area contributed by atoms with E-state index in [1.54, 1.807) is 12.1 Å². The Morgan fingerprint density at radius 2 is 2.07 bits per heavy atom. The first kappa shape index (κ1) is 11.9. The van der Waals surface area contributed by atoms with Gasteiger partial charge in [-0.25, -0.2) is 0 Å². The lowest BCUT2D eigenvalue weighted by Crippen LogP contribution is -2.09. The van der Waals surface area contributed by atoms with E-state index in [4.69, 9.17) is 5.11 Å². The Kier molecular flexibility index (Phi) is 3.99. The number of nitrogens with one attached hydrogen (secondary N) is 1. The molecule has 0 bridgehead atoms. The SMILES string of the molecule is CC(=O)Nc1cc(Br)cc(C(=O)CO)c1. The second-order valence-electron chi connectivity index (χ2n) is 2.99. The molecule has 0 heterocycles. The summed E-state index contributed by atoms with van der Waals surface area (Å²) in [6, 6.07) is 4.78. The van der Waals surface area contributed by atoms with Crippen molar-refractivity contribution in [1.29, 1.82) is 0 Å². The first-order valence-corrected chi connectivity index (χ1v) is 5.04. The Hall–Kier alpha value is -1.20. The zero-order valence-electron chi connectivity index (χ0n) is 8.08. The molecule has 0 aromatic heterocycles. The monoisotopic (exact) mass is 271 g/mol. The van der Waals surface area contributed by atoms with E-state index in [0.717, 1.165) is 0 Å². The molecular formula is C10H10BrNO3. The van der Waals surface area contributed by atoms with Gasteiger partial charge in [-0.3, -0.25) is 9.59 Å². The summed E-state index contributed by atoms with van der Waals surface area (Å²) in [5.41, 5.74) is 0.879. The van der Waals surface area contributed by atoms with Gasteiger partial charge in [0, 0.05) is 22.6 Å². The highest BCUT2D eigenvalue weighted by atomic mass is 79.9. The molecule has 1 rings (SSSR count). The quantitative estimate of drug-likeness (QED) is 0.821. The van der Waals surface area contributed by atoms with Crippen LogP contribution in [-0.4, -0.2) is 23.4 Å². The van der Waals surface area contributed by atoms with Gasteiger partial charge in [0.15, 0.2) is 5.78 Å². The molecule has 0 saturated carbocycles. The lowest BCUT2D eigenvalue weighted by atomic mass is 10.1. The molecule has 0 aliphatic rings. The van der Waals surface area contributed by atoms with Crippen LogP contribution in [0.25, 0.3) is 0 Å². The Balaban J connectivity index is 3.04. The maximum atomic E-state index is 11.2. The lowest BCUT2D eigenvalue weighted by molar-refractivity contribution is -0.114. The Bertz CT molecular complexity index is 404. The van der Waals surface area contributed by atoms with Crippen molar-refractivity contribution in [2.75, 3.05) is 11.9 Å². The van der Waals surface area contributed by atoms with Crippen LogP contribution >= 0.6 is 15.9 Å². The molecule has 1 aromatic rings. The number of rotatable bonds is 3. The summed E-state index contributed by atoms with van der Waals surface area (Å²) in [6.45, 7) is 0.838. The third-order valence-corrected chi connectivity index (χ3v) is 2.14. The van der Waals surface area contributed by atoms with Crippen LogP contribution in [0.15, 0.2) is 22.7 Å². The van der Waals surface area contributed by atoms with Gasteiger partial charge in [0.25, 0.3) is 0 Å². The molecule has 0 radical (unpaired) electrons. The van der Waals surface area contributed by atoms with Crippen molar-refractivity contribution in [2.24, 2.45) is 0 Å². The number of ketones is 1. The zero-order chi connectivity index (χ0) is 11.4. The number of Topliss-reactive ketones (excluding diaryl/α,β-unsaturated/α-hetero) is 1. The van der Waals surface area contributed by atoms with E-state index in [-0.39, 0.29) is 11.7 Å². The summed E-state index contributed by atoms with van der Waals surface area (Å²) in [7, 11) is 0. The molecule has 0 aliphatic heterocycles. The standard InChI is InChI=1S/C10H10BrNO3/c1-6(14)12-9-3-7(10(15)5-13)2-8(11)4-9/h2-4,13H,5H2,1H3,(H,12,14). The average Bonchev–Trinajstić information content (AvgIpc) is 2.14. The van der Waals surface area contributed by atoms with Gasteiger partial charge in [-0.15, -0.1) is 0 Å². The van der Waals surface area contributed by atoms with Gasteiger partial charge in [-0.05, 0) is 18.2 Å². The van der Waals surface area contributed by atoms with Gasteiger partial charge in [-0.2, -0.15) is 0 Å². The minimum atomic E-state index is -0.546. The molecule has 0 unspecified atom stereocenters. The molecule has 2 N–H and O–H groups in total. The van der Waals surface area contributed by atoms with Gasteiger partial charge in [0.05, 0.1) is 0 Å². The normalized spacial score (nSPS) is 9.80. The van der Waals surface area contributed by atoms with Gasteiger partial charge >= 0.3 is 0 Å². The van der Waals surface area contributed by atoms with E-state index in [2.05, 4.69) is 21.2 Å². The molecule has 4 nitrogen and oxygen atoms in total. The van der Waals surface area contributed by atoms with Crippen LogP contribution in [0.3, 0.4) is 0 Å². The zero-order valence-corrected chi connectivity index (χ0v) is 9.67. The van der Waals surface area contributed by atoms with Crippen molar-refractivity contribution >= 4 is 33.3 Å². The number of carbonyl (C=O) groups is 2. The van der Waals surface area contributed by atoms with E-state index in [0.29, 0.717) is 15.7 Å². The number of hydrogen-bond donors (Lipinski definition) is 2.